The Hall–Kier alpha value is -3.79. The van der Waals surface area contributed by atoms with E-state index in [0.29, 0.717) is 0 Å². The van der Waals surface area contributed by atoms with Crippen LogP contribution in [0.3, 0.4) is 0 Å². The first kappa shape index (κ1) is 36.7. The summed E-state index contributed by atoms with van der Waals surface area (Å²) in [6.45, 7) is 0. The van der Waals surface area contributed by atoms with E-state index < -0.39 is 0 Å². The van der Waals surface area contributed by atoms with Gasteiger partial charge in [-0.2, -0.15) is 0 Å². The molecule has 2 heterocycles. The van der Waals surface area contributed by atoms with Crippen molar-refractivity contribution >= 4 is 82.9 Å². The van der Waals surface area contributed by atoms with Gasteiger partial charge in [0.25, 0.3) is 0 Å². The van der Waals surface area contributed by atoms with Crippen LogP contribution in [0.4, 0.5) is 28.4 Å². The lowest BCUT2D eigenvalue weighted by molar-refractivity contribution is 0.477. The van der Waals surface area contributed by atoms with Crippen molar-refractivity contribution in [2.75, 3.05) is 10.2 Å². The fraction of sp³-hybridized carbons (Fsp3) is 0.0769. The predicted octanol–water partition coefficient (Wildman–Crippen LogP) is 14.5. The Balaban J connectivity index is 0.000000200. The molecule has 46 heavy (non-hydrogen) atoms. The lowest BCUT2D eigenvalue weighted by atomic mass is 10.1. The van der Waals surface area contributed by atoms with Gasteiger partial charge < -0.3 is 19.7 Å². The average Bonchev–Trinajstić information content (AvgIpc) is 3.05. The largest absolute Gasteiger partial charge is 0.453 e. The molecule has 4 nitrogen and oxygen atoms in total. The molecular formula is C39H37Br2IN2O2. The number of hydrogen-bond acceptors (Lipinski definition) is 4. The van der Waals surface area contributed by atoms with Crippen LogP contribution in [-0.2, 0) is 0 Å². The molecule has 2 aliphatic heterocycles. The molecule has 0 radical (unpaired) electrons. The first-order valence-electron chi connectivity index (χ1n) is 13.5. The lowest BCUT2D eigenvalue weighted by Crippen LogP contribution is -2.15. The number of hydrogen-bond donors (Lipinski definition) is 1. The van der Waals surface area contributed by atoms with Crippen LogP contribution >= 0.6 is 54.5 Å². The molecule has 6 aromatic rings. The number of para-hydroxylation sites is 9. The van der Waals surface area contributed by atoms with Crippen LogP contribution in [0.5, 0.6) is 23.0 Å². The van der Waals surface area contributed by atoms with Crippen LogP contribution < -0.4 is 19.7 Å². The van der Waals surface area contributed by atoms with Gasteiger partial charge in [0, 0.05) is 12.5 Å². The topological polar surface area (TPSA) is 33.7 Å². The maximum Gasteiger partial charge on any atom is 0.151 e. The van der Waals surface area contributed by atoms with Crippen LogP contribution in [0.2, 0.25) is 0 Å². The third-order valence-corrected chi connectivity index (χ3v) is 9.66. The molecule has 236 valence electrons. The number of halogens is 3. The fourth-order valence-electron chi connectivity index (χ4n) is 4.62. The Labute approximate surface area is 303 Å². The summed E-state index contributed by atoms with van der Waals surface area (Å²) in [5.74, 6) is 3.50. The van der Waals surface area contributed by atoms with Crippen molar-refractivity contribution in [1.29, 1.82) is 0 Å². The van der Waals surface area contributed by atoms with E-state index >= 15 is 0 Å². The van der Waals surface area contributed by atoms with Gasteiger partial charge in [-0.25, -0.2) is 0 Å². The molecule has 1 N–H and O–H groups in total. The van der Waals surface area contributed by atoms with Crippen LogP contribution in [0.1, 0.15) is 22.3 Å². The first-order valence-corrected chi connectivity index (χ1v) is 16.2. The smallest absolute Gasteiger partial charge is 0.151 e. The summed E-state index contributed by atoms with van der Waals surface area (Å²) in [6, 6.07) is 48.3. The van der Waals surface area contributed by atoms with Crippen LogP contribution in [0, 0.1) is 3.57 Å². The summed E-state index contributed by atoms with van der Waals surface area (Å²) in [6.07, 6.45) is 0. The third-order valence-electron chi connectivity index (χ3n) is 6.61. The minimum atomic E-state index is 0. The maximum absolute atomic E-state index is 6.01. The van der Waals surface area contributed by atoms with Gasteiger partial charge in [0.15, 0.2) is 23.0 Å². The summed E-state index contributed by atoms with van der Waals surface area (Å²) in [5.41, 5.74) is 5.23. The molecule has 0 bridgehead atoms. The van der Waals surface area contributed by atoms with E-state index in [-0.39, 0.29) is 22.3 Å². The van der Waals surface area contributed by atoms with E-state index in [0.717, 1.165) is 55.9 Å². The SMILES string of the molecule is Brc1ccccc1I.Brc1ccccc1N1c2ccccc2Oc2ccccc21.C.C.C.c1ccc2c(c1)Nc1ccccc1O2. The molecule has 0 amide bonds. The van der Waals surface area contributed by atoms with Crippen molar-refractivity contribution in [1.82, 2.24) is 0 Å². The molecule has 7 heteroatoms. The van der Waals surface area contributed by atoms with Crippen molar-refractivity contribution < 1.29 is 9.47 Å². The van der Waals surface area contributed by atoms with Gasteiger partial charge in [-0.1, -0.05) is 95.1 Å². The van der Waals surface area contributed by atoms with E-state index in [1.165, 1.54) is 8.04 Å². The minimum Gasteiger partial charge on any atom is -0.453 e. The lowest BCUT2D eigenvalue weighted by Gasteiger charge is -2.33. The normalized spacial score (nSPS) is 10.9. The van der Waals surface area contributed by atoms with E-state index in [1.54, 1.807) is 0 Å². The minimum absolute atomic E-state index is 0. The van der Waals surface area contributed by atoms with Gasteiger partial charge in [0.2, 0.25) is 0 Å². The van der Waals surface area contributed by atoms with Gasteiger partial charge in [-0.15, -0.1) is 0 Å². The molecule has 0 atom stereocenters. The molecule has 2 aliphatic rings. The highest BCUT2D eigenvalue weighted by Crippen LogP contribution is 2.51. The van der Waals surface area contributed by atoms with Crippen molar-refractivity contribution in [2.45, 2.75) is 22.3 Å². The highest BCUT2D eigenvalue weighted by molar-refractivity contribution is 14.1. The second kappa shape index (κ2) is 17.2. The zero-order valence-electron chi connectivity index (χ0n) is 22.8. The standard InChI is InChI=1S/C18H12BrNO.C12H9NO.C6H4BrI.3CH4/c19-13-7-1-2-8-14(13)20-15-9-3-5-11-17(15)21-18-12-6-4-10-16(18)20;1-3-7-11-9(5-1)13-10-6-2-4-8-12(10)14-11;7-5-3-1-2-4-6(5)8;;;/h1-12H;1-8,13H;1-4H;3*1H4. The van der Waals surface area contributed by atoms with E-state index in [9.17, 15) is 0 Å². The van der Waals surface area contributed by atoms with Crippen molar-refractivity contribution in [3.8, 4) is 23.0 Å². The number of nitrogens with one attached hydrogen (secondary N) is 1. The van der Waals surface area contributed by atoms with Gasteiger partial charge in [0.1, 0.15) is 0 Å². The third kappa shape index (κ3) is 8.32. The van der Waals surface area contributed by atoms with Crippen molar-refractivity contribution in [3.05, 3.63) is 158 Å². The Morgan fingerprint density at radius 1 is 0.435 bits per heavy atom. The van der Waals surface area contributed by atoms with Crippen LogP contribution in [-0.4, -0.2) is 0 Å². The van der Waals surface area contributed by atoms with Crippen LogP contribution in [0.15, 0.2) is 155 Å². The molecule has 0 saturated heterocycles. The summed E-state index contributed by atoms with van der Waals surface area (Å²) in [4.78, 5) is 2.22. The van der Waals surface area contributed by atoms with Crippen LogP contribution in [0.25, 0.3) is 0 Å². The van der Waals surface area contributed by atoms with Gasteiger partial charge >= 0.3 is 0 Å². The second-order valence-corrected chi connectivity index (χ2v) is 12.3. The molecule has 0 fully saturated rings. The monoisotopic (exact) mass is 850 g/mol. The summed E-state index contributed by atoms with van der Waals surface area (Å²) < 4.78 is 15.2. The van der Waals surface area contributed by atoms with E-state index in [4.69, 9.17) is 9.47 Å². The molecule has 0 aliphatic carbocycles. The number of ether oxygens (including phenoxy) is 2. The number of nitrogens with zero attached hydrogens (tertiary/aromatic N) is 1. The summed E-state index contributed by atoms with van der Waals surface area (Å²) in [5, 5.41) is 3.32. The summed E-state index contributed by atoms with van der Waals surface area (Å²) >= 11 is 9.32. The molecular weight excluding hydrogens is 815 g/mol. The number of anilines is 5. The average molecular weight is 852 g/mol. The zero-order chi connectivity index (χ0) is 29.6. The predicted molar refractivity (Wildman–Crippen MR) is 212 cm³/mol. The van der Waals surface area contributed by atoms with Gasteiger partial charge in [0.05, 0.1) is 28.4 Å². The van der Waals surface area contributed by atoms with Gasteiger partial charge in [-0.05, 0) is 127 Å². The first-order chi connectivity index (χ1) is 21.1. The maximum atomic E-state index is 6.01. The van der Waals surface area contributed by atoms with Crippen molar-refractivity contribution in [2.24, 2.45) is 0 Å². The Bertz CT molecular complexity index is 1710. The Kier molecular flexibility index (Phi) is 13.7. The Morgan fingerprint density at radius 3 is 1.26 bits per heavy atom. The quantitative estimate of drug-likeness (QED) is 0.167. The number of rotatable bonds is 1. The highest BCUT2D eigenvalue weighted by Gasteiger charge is 2.26. The Morgan fingerprint density at radius 2 is 0.804 bits per heavy atom. The summed E-state index contributed by atoms with van der Waals surface area (Å²) in [7, 11) is 0. The molecule has 8 rings (SSSR count). The van der Waals surface area contributed by atoms with E-state index in [2.05, 4.69) is 95.0 Å². The number of fused-ring (bicyclic) bond motifs is 4. The van der Waals surface area contributed by atoms with E-state index in [1.807, 2.05) is 115 Å². The fourth-order valence-corrected chi connectivity index (χ4v) is 5.75. The van der Waals surface area contributed by atoms with Gasteiger partial charge in [-0.3, -0.25) is 0 Å². The molecule has 6 aromatic carbocycles. The highest BCUT2D eigenvalue weighted by atomic mass is 127. The molecule has 0 saturated carbocycles. The number of benzene rings is 6. The molecule has 0 unspecified atom stereocenters. The van der Waals surface area contributed by atoms with Crippen molar-refractivity contribution in [3.63, 3.8) is 0 Å². The molecule has 0 spiro atoms. The zero-order valence-corrected chi connectivity index (χ0v) is 28.1. The molecule has 0 aromatic heterocycles. The second-order valence-electron chi connectivity index (χ2n) is 9.46.